The number of H-pyrrole nitrogens is 2. The van der Waals surface area contributed by atoms with Crippen LogP contribution in [0.25, 0.3) is 11.0 Å². The van der Waals surface area contributed by atoms with Crippen LogP contribution in [0, 0.1) is 6.92 Å². The Balaban J connectivity index is 2.04. The number of rotatable bonds is 2. The van der Waals surface area contributed by atoms with Crippen LogP contribution in [0.15, 0.2) is 16.9 Å². The van der Waals surface area contributed by atoms with Gasteiger partial charge in [-0.3, -0.25) is 0 Å². The van der Waals surface area contributed by atoms with E-state index >= 15 is 0 Å². The van der Waals surface area contributed by atoms with Crippen molar-refractivity contribution < 1.29 is 4.74 Å². The molecule has 2 atom stereocenters. The van der Waals surface area contributed by atoms with Gasteiger partial charge >= 0.3 is 5.69 Å². The number of imidazole rings is 1. The van der Waals surface area contributed by atoms with Gasteiger partial charge in [0.25, 0.3) is 0 Å². The smallest absolute Gasteiger partial charge is 0.323 e. The molecule has 5 heteroatoms. The molecule has 0 saturated carbocycles. The van der Waals surface area contributed by atoms with Crippen molar-refractivity contribution in [3.05, 3.63) is 33.7 Å². The summed E-state index contributed by atoms with van der Waals surface area (Å²) in [6, 6.07) is 3.78. The molecule has 0 bridgehead atoms. The van der Waals surface area contributed by atoms with E-state index in [0.717, 1.165) is 41.6 Å². The lowest BCUT2D eigenvalue weighted by Gasteiger charge is -2.20. The van der Waals surface area contributed by atoms with Gasteiger partial charge in [-0.05, 0) is 43.0 Å². The number of ether oxygens (including phenoxy) is 1. The highest BCUT2D eigenvalue weighted by Gasteiger charge is 2.25. The standard InChI is InChI=1S/C13H17N3O2/c1-7-5-9-10(16-13(17)15-9)6-8(7)12(14)11-3-2-4-18-11/h5-6,11-12H,2-4,14H2,1H3,(H2,15,16,17). The van der Waals surface area contributed by atoms with Crippen molar-refractivity contribution in [1.29, 1.82) is 0 Å². The summed E-state index contributed by atoms with van der Waals surface area (Å²) in [5, 5.41) is 0. The number of nitrogens with one attached hydrogen (secondary N) is 2. The zero-order valence-electron chi connectivity index (χ0n) is 10.3. The third-order valence-electron chi connectivity index (χ3n) is 3.63. The van der Waals surface area contributed by atoms with Gasteiger partial charge in [-0.1, -0.05) is 0 Å². The Kier molecular flexibility index (Phi) is 2.72. The van der Waals surface area contributed by atoms with Gasteiger partial charge in [0.15, 0.2) is 0 Å². The second kappa shape index (κ2) is 4.26. The van der Waals surface area contributed by atoms with Crippen molar-refractivity contribution in [3.63, 3.8) is 0 Å². The summed E-state index contributed by atoms with van der Waals surface area (Å²) < 4.78 is 5.64. The molecule has 1 aromatic heterocycles. The molecular formula is C13H17N3O2. The molecule has 1 aliphatic heterocycles. The van der Waals surface area contributed by atoms with Crippen molar-refractivity contribution in [2.45, 2.75) is 31.9 Å². The number of nitrogens with two attached hydrogens (primary N) is 1. The maximum Gasteiger partial charge on any atom is 0.323 e. The van der Waals surface area contributed by atoms with Gasteiger partial charge in [-0.25, -0.2) is 4.79 Å². The zero-order chi connectivity index (χ0) is 12.7. The molecule has 2 aromatic rings. The summed E-state index contributed by atoms with van der Waals surface area (Å²) in [5.74, 6) is 0. The Morgan fingerprint density at radius 1 is 1.39 bits per heavy atom. The summed E-state index contributed by atoms with van der Waals surface area (Å²) in [4.78, 5) is 16.8. The molecule has 96 valence electrons. The lowest BCUT2D eigenvalue weighted by molar-refractivity contribution is 0.0899. The van der Waals surface area contributed by atoms with E-state index in [1.54, 1.807) is 0 Å². The molecule has 1 fully saturated rings. The van der Waals surface area contributed by atoms with Crippen LogP contribution < -0.4 is 11.4 Å². The molecule has 3 rings (SSSR count). The average molecular weight is 247 g/mol. The van der Waals surface area contributed by atoms with Crippen LogP contribution in [-0.2, 0) is 4.74 Å². The lowest BCUT2D eigenvalue weighted by Crippen LogP contribution is -2.26. The first-order valence-corrected chi connectivity index (χ1v) is 6.25. The molecule has 2 heterocycles. The Labute approximate surface area is 104 Å². The Morgan fingerprint density at radius 2 is 2.11 bits per heavy atom. The van der Waals surface area contributed by atoms with Crippen LogP contribution >= 0.6 is 0 Å². The second-order valence-electron chi connectivity index (χ2n) is 4.91. The third kappa shape index (κ3) is 1.85. The average Bonchev–Trinajstić information content (AvgIpc) is 2.94. The van der Waals surface area contributed by atoms with Crippen molar-refractivity contribution >= 4 is 11.0 Å². The number of hydrogen-bond acceptors (Lipinski definition) is 3. The topological polar surface area (TPSA) is 83.9 Å². The molecule has 5 nitrogen and oxygen atoms in total. The summed E-state index contributed by atoms with van der Waals surface area (Å²) in [7, 11) is 0. The molecule has 1 saturated heterocycles. The van der Waals surface area contributed by atoms with E-state index < -0.39 is 0 Å². The molecule has 4 N–H and O–H groups in total. The minimum Gasteiger partial charge on any atom is -0.376 e. The first-order chi connectivity index (χ1) is 8.65. The fourth-order valence-corrected chi connectivity index (χ4v) is 2.65. The van der Waals surface area contributed by atoms with Crippen molar-refractivity contribution in [1.82, 2.24) is 9.97 Å². The number of aromatic nitrogens is 2. The van der Waals surface area contributed by atoms with E-state index in [1.807, 2.05) is 19.1 Å². The summed E-state index contributed by atoms with van der Waals surface area (Å²) in [5.41, 5.74) is 9.83. The van der Waals surface area contributed by atoms with E-state index in [4.69, 9.17) is 10.5 Å². The number of aromatic amines is 2. The fourth-order valence-electron chi connectivity index (χ4n) is 2.65. The first kappa shape index (κ1) is 11.5. The van der Waals surface area contributed by atoms with Gasteiger partial charge in [0.05, 0.1) is 23.2 Å². The van der Waals surface area contributed by atoms with Crippen LogP contribution in [-0.4, -0.2) is 22.7 Å². The van der Waals surface area contributed by atoms with E-state index in [9.17, 15) is 4.79 Å². The molecule has 18 heavy (non-hydrogen) atoms. The molecule has 2 unspecified atom stereocenters. The Bertz CT molecular complexity index is 623. The molecule has 1 aromatic carbocycles. The maximum atomic E-state index is 11.3. The minimum absolute atomic E-state index is 0.0896. The van der Waals surface area contributed by atoms with Gasteiger partial charge in [-0.15, -0.1) is 0 Å². The normalized spacial score (nSPS) is 21.6. The van der Waals surface area contributed by atoms with Gasteiger partial charge in [0.1, 0.15) is 0 Å². The second-order valence-corrected chi connectivity index (χ2v) is 4.91. The molecule has 0 amide bonds. The van der Waals surface area contributed by atoms with Crippen LogP contribution in [0.3, 0.4) is 0 Å². The lowest BCUT2D eigenvalue weighted by atomic mass is 9.95. The Morgan fingerprint density at radius 3 is 2.78 bits per heavy atom. The van der Waals surface area contributed by atoms with Gasteiger partial charge in [-0.2, -0.15) is 0 Å². The van der Waals surface area contributed by atoms with Crippen LogP contribution in [0.5, 0.6) is 0 Å². The predicted molar refractivity (Wildman–Crippen MR) is 69.6 cm³/mol. The van der Waals surface area contributed by atoms with Crippen molar-refractivity contribution in [3.8, 4) is 0 Å². The van der Waals surface area contributed by atoms with Crippen molar-refractivity contribution in [2.75, 3.05) is 6.61 Å². The van der Waals surface area contributed by atoms with Crippen molar-refractivity contribution in [2.24, 2.45) is 5.73 Å². The van der Waals surface area contributed by atoms with Gasteiger partial charge < -0.3 is 20.4 Å². The monoisotopic (exact) mass is 247 g/mol. The predicted octanol–water partition coefficient (Wildman–Crippen LogP) is 1.34. The van der Waals surface area contributed by atoms with Gasteiger partial charge in [0, 0.05) is 6.61 Å². The number of benzene rings is 1. The summed E-state index contributed by atoms with van der Waals surface area (Å²) in [6.45, 7) is 2.80. The summed E-state index contributed by atoms with van der Waals surface area (Å²) >= 11 is 0. The number of fused-ring (bicyclic) bond motifs is 1. The number of hydrogen-bond donors (Lipinski definition) is 3. The Hall–Kier alpha value is -1.59. The summed E-state index contributed by atoms with van der Waals surface area (Å²) in [6.07, 6.45) is 2.16. The zero-order valence-corrected chi connectivity index (χ0v) is 10.3. The highest BCUT2D eigenvalue weighted by molar-refractivity contribution is 5.76. The van der Waals surface area contributed by atoms with E-state index in [-0.39, 0.29) is 17.8 Å². The van der Waals surface area contributed by atoms with Crippen LogP contribution in [0.2, 0.25) is 0 Å². The quantitative estimate of drug-likeness (QED) is 0.748. The molecule has 0 spiro atoms. The molecule has 1 aliphatic rings. The van der Waals surface area contributed by atoms with Crippen LogP contribution in [0.4, 0.5) is 0 Å². The molecular weight excluding hydrogens is 230 g/mol. The van der Waals surface area contributed by atoms with E-state index in [0.29, 0.717) is 0 Å². The highest BCUT2D eigenvalue weighted by atomic mass is 16.5. The fraction of sp³-hybridized carbons (Fsp3) is 0.462. The SMILES string of the molecule is Cc1cc2[nH]c(=O)[nH]c2cc1C(N)C1CCCO1. The van der Waals surface area contributed by atoms with Gasteiger partial charge in [0.2, 0.25) is 0 Å². The minimum atomic E-state index is -0.188. The van der Waals surface area contributed by atoms with Crippen LogP contribution in [0.1, 0.15) is 30.0 Å². The van der Waals surface area contributed by atoms with E-state index in [1.165, 1.54) is 0 Å². The third-order valence-corrected chi connectivity index (χ3v) is 3.63. The highest BCUT2D eigenvalue weighted by Crippen LogP contribution is 2.28. The number of aryl methyl sites for hydroxylation is 1. The first-order valence-electron chi connectivity index (χ1n) is 6.25. The molecule has 0 radical (unpaired) electrons. The molecule has 0 aliphatic carbocycles. The maximum absolute atomic E-state index is 11.3. The van der Waals surface area contributed by atoms with E-state index in [2.05, 4.69) is 9.97 Å². The largest absolute Gasteiger partial charge is 0.376 e.